The lowest BCUT2D eigenvalue weighted by atomic mass is 10.2. The van der Waals surface area contributed by atoms with E-state index in [0.29, 0.717) is 13.1 Å². The predicted molar refractivity (Wildman–Crippen MR) is 108 cm³/mol. The van der Waals surface area contributed by atoms with Crippen LogP contribution in [0.15, 0.2) is 54.6 Å². The van der Waals surface area contributed by atoms with Crippen LogP contribution in [0.1, 0.15) is 18.1 Å². The van der Waals surface area contributed by atoms with Gasteiger partial charge in [-0.2, -0.15) is 0 Å². The van der Waals surface area contributed by atoms with Gasteiger partial charge in [0.05, 0.1) is 5.25 Å². The molecule has 0 aliphatic carbocycles. The molecule has 2 aromatic rings. The van der Waals surface area contributed by atoms with E-state index in [4.69, 9.17) is 0 Å². The smallest absolute Gasteiger partial charge is 0.235 e. The summed E-state index contributed by atoms with van der Waals surface area (Å²) in [7, 11) is 3.99. The number of halogens is 1. The summed E-state index contributed by atoms with van der Waals surface area (Å²) in [5.41, 5.74) is 2.16. The van der Waals surface area contributed by atoms with Gasteiger partial charge in [-0.25, -0.2) is 4.39 Å². The molecular weight excluding hydrogens is 347 g/mol. The molecule has 0 aliphatic rings. The first-order valence-electron chi connectivity index (χ1n) is 8.79. The van der Waals surface area contributed by atoms with Gasteiger partial charge in [-0.3, -0.25) is 4.79 Å². The standard InChI is InChI=1S/C21H27FN2OS/c1-17(26-16-19-7-5-4-6-8-19)21(25)24(14-13-23(2)3)15-18-9-11-20(22)12-10-18/h4-12,17H,13-16H2,1-3H3. The number of carbonyl (C=O) groups excluding carboxylic acids is 1. The van der Waals surface area contributed by atoms with Crippen molar-refractivity contribution in [3.05, 3.63) is 71.5 Å². The average Bonchev–Trinajstić information content (AvgIpc) is 2.64. The van der Waals surface area contributed by atoms with E-state index in [1.165, 1.54) is 17.7 Å². The van der Waals surface area contributed by atoms with E-state index < -0.39 is 0 Å². The van der Waals surface area contributed by atoms with Crippen LogP contribution in [0.25, 0.3) is 0 Å². The maximum Gasteiger partial charge on any atom is 0.235 e. The molecule has 2 aromatic carbocycles. The van der Waals surface area contributed by atoms with Gasteiger partial charge in [0.2, 0.25) is 5.91 Å². The Bertz CT molecular complexity index is 676. The van der Waals surface area contributed by atoms with Crippen LogP contribution in [0.4, 0.5) is 4.39 Å². The lowest BCUT2D eigenvalue weighted by Crippen LogP contribution is -2.40. The minimum absolute atomic E-state index is 0.122. The first kappa shape index (κ1) is 20.5. The van der Waals surface area contributed by atoms with E-state index in [1.807, 2.05) is 44.1 Å². The molecule has 1 amide bonds. The fraction of sp³-hybridized carbons (Fsp3) is 0.381. The van der Waals surface area contributed by atoms with E-state index in [9.17, 15) is 9.18 Å². The van der Waals surface area contributed by atoms with E-state index in [-0.39, 0.29) is 17.0 Å². The van der Waals surface area contributed by atoms with Gasteiger partial charge in [-0.15, -0.1) is 11.8 Å². The summed E-state index contributed by atoms with van der Waals surface area (Å²) in [5.74, 6) is 0.676. The summed E-state index contributed by atoms with van der Waals surface area (Å²) >= 11 is 1.65. The Kier molecular flexibility index (Phi) is 8.13. The SMILES string of the molecule is CC(SCc1ccccc1)C(=O)N(CCN(C)C)Cc1ccc(F)cc1. The monoisotopic (exact) mass is 374 g/mol. The van der Waals surface area contributed by atoms with Gasteiger partial charge in [0.25, 0.3) is 0 Å². The van der Waals surface area contributed by atoms with Crippen molar-refractivity contribution in [2.45, 2.75) is 24.5 Å². The Morgan fingerprint density at radius 1 is 1.00 bits per heavy atom. The summed E-state index contributed by atoms with van der Waals surface area (Å²) in [5, 5.41) is -0.127. The van der Waals surface area contributed by atoms with E-state index >= 15 is 0 Å². The largest absolute Gasteiger partial charge is 0.336 e. The molecule has 2 rings (SSSR count). The number of carbonyl (C=O) groups is 1. The molecule has 0 radical (unpaired) electrons. The molecule has 3 nitrogen and oxygen atoms in total. The highest BCUT2D eigenvalue weighted by Crippen LogP contribution is 2.20. The van der Waals surface area contributed by atoms with Gasteiger partial charge < -0.3 is 9.80 Å². The third kappa shape index (κ3) is 6.81. The highest BCUT2D eigenvalue weighted by atomic mass is 32.2. The Balaban J connectivity index is 1.99. The first-order valence-corrected chi connectivity index (χ1v) is 9.84. The zero-order chi connectivity index (χ0) is 18.9. The highest BCUT2D eigenvalue weighted by Gasteiger charge is 2.21. The second-order valence-corrected chi connectivity index (χ2v) is 7.96. The van der Waals surface area contributed by atoms with Crippen molar-refractivity contribution in [1.29, 1.82) is 0 Å². The quantitative estimate of drug-likeness (QED) is 0.662. The number of hydrogen-bond acceptors (Lipinski definition) is 3. The van der Waals surface area contributed by atoms with Crippen LogP contribution in [0.2, 0.25) is 0 Å². The van der Waals surface area contributed by atoms with Crippen LogP contribution < -0.4 is 0 Å². The Hall–Kier alpha value is -1.85. The third-order valence-electron chi connectivity index (χ3n) is 4.11. The third-order valence-corrected chi connectivity index (χ3v) is 5.31. The van der Waals surface area contributed by atoms with E-state index in [2.05, 4.69) is 17.0 Å². The number of nitrogens with zero attached hydrogens (tertiary/aromatic N) is 2. The van der Waals surface area contributed by atoms with Crippen molar-refractivity contribution < 1.29 is 9.18 Å². The minimum Gasteiger partial charge on any atom is -0.336 e. The van der Waals surface area contributed by atoms with Crippen LogP contribution in [0.3, 0.4) is 0 Å². The zero-order valence-electron chi connectivity index (χ0n) is 15.7. The van der Waals surface area contributed by atoms with Crippen molar-refractivity contribution in [3.8, 4) is 0 Å². The summed E-state index contributed by atoms with van der Waals surface area (Å²) in [6.07, 6.45) is 0. The number of amides is 1. The summed E-state index contributed by atoms with van der Waals surface area (Å²) in [6.45, 7) is 3.91. The maximum atomic E-state index is 13.1. The molecule has 26 heavy (non-hydrogen) atoms. The molecule has 0 aromatic heterocycles. The molecule has 0 bridgehead atoms. The van der Waals surface area contributed by atoms with Gasteiger partial charge in [0.1, 0.15) is 5.82 Å². The topological polar surface area (TPSA) is 23.6 Å². The van der Waals surface area contributed by atoms with Crippen LogP contribution in [-0.2, 0) is 17.1 Å². The Morgan fingerprint density at radius 2 is 1.65 bits per heavy atom. The van der Waals surface area contributed by atoms with Crippen molar-refractivity contribution in [2.75, 3.05) is 27.2 Å². The molecular formula is C21H27FN2OS. The molecule has 5 heteroatoms. The van der Waals surface area contributed by atoms with Crippen molar-refractivity contribution >= 4 is 17.7 Å². The van der Waals surface area contributed by atoms with Crippen LogP contribution in [0, 0.1) is 5.82 Å². The van der Waals surface area contributed by atoms with Crippen molar-refractivity contribution in [3.63, 3.8) is 0 Å². The summed E-state index contributed by atoms with van der Waals surface area (Å²) in [6, 6.07) is 16.5. The summed E-state index contributed by atoms with van der Waals surface area (Å²) in [4.78, 5) is 16.9. The first-order chi connectivity index (χ1) is 12.5. The average molecular weight is 375 g/mol. The molecule has 0 saturated heterocycles. The lowest BCUT2D eigenvalue weighted by molar-refractivity contribution is -0.131. The number of benzene rings is 2. The van der Waals surface area contributed by atoms with Crippen LogP contribution in [0.5, 0.6) is 0 Å². The molecule has 0 spiro atoms. The van der Waals surface area contributed by atoms with E-state index in [0.717, 1.165) is 17.9 Å². The number of hydrogen-bond donors (Lipinski definition) is 0. The van der Waals surface area contributed by atoms with Crippen LogP contribution >= 0.6 is 11.8 Å². The van der Waals surface area contributed by atoms with Gasteiger partial charge >= 0.3 is 0 Å². The lowest BCUT2D eigenvalue weighted by Gasteiger charge is -2.27. The second kappa shape index (κ2) is 10.3. The molecule has 0 saturated carbocycles. The maximum absolute atomic E-state index is 13.1. The molecule has 0 fully saturated rings. The number of likely N-dealkylation sites (N-methyl/N-ethyl adjacent to an activating group) is 1. The van der Waals surface area contributed by atoms with Crippen molar-refractivity contribution in [2.24, 2.45) is 0 Å². The van der Waals surface area contributed by atoms with Gasteiger partial charge in [-0.1, -0.05) is 42.5 Å². The fourth-order valence-electron chi connectivity index (χ4n) is 2.52. The predicted octanol–water partition coefficient (Wildman–Crippen LogP) is 4.04. The van der Waals surface area contributed by atoms with Gasteiger partial charge in [0.15, 0.2) is 0 Å². The number of thioether (sulfide) groups is 1. The zero-order valence-corrected chi connectivity index (χ0v) is 16.5. The van der Waals surface area contributed by atoms with Crippen LogP contribution in [-0.4, -0.2) is 48.1 Å². The number of rotatable bonds is 9. The fourth-order valence-corrected chi connectivity index (χ4v) is 3.45. The van der Waals surface area contributed by atoms with Gasteiger partial charge in [-0.05, 0) is 44.3 Å². The minimum atomic E-state index is -0.258. The molecule has 0 aliphatic heterocycles. The molecule has 140 valence electrons. The van der Waals surface area contributed by atoms with E-state index in [1.54, 1.807) is 23.9 Å². The molecule has 0 N–H and O–H groups in total. The van der Waals surface area contributed by atoms with Crippen molar-refractivity contribution in [1.82, 2.24) is 9.80 Å². The normalized spacial score (nSPS) is 12.2. The Morgan fingerprint density at radius 3 is 2.27 bits per heavy atom. The highest BCUT2D eigenvalue weighted by molar-refractivity contribution is 7.99. The summed E-state index contributed by atoms with van der Waals surface area (Å²) < 4.78 is 13.1. The molecule has 0 heterocycles. The molecule has 1 unspecified atom stereocenters. The second-order valence-electron chi connectivity index (χ2n) is 6.63. The molecule has 1 atom stereocenters. The Labute approximate surface area is 160 Å². The van der Waals surface area contributed by atoms with Gasteiger partial charge in [0, 0.05) is 25.4 Å².